The minimum atomic E-state index is -0.484. The number of halogens is 3. The zero-order valence-corrected chi connectivity index (χ0v) is 17.6. The molecule has 0 bridgehead atoms. The Morgan fingerprint density at radius 2 is 1.69 bits per heavy atom. The van der Waals surface area contributed by atoms with Gasteiger partial charge in [-0.1, -0.05) is 34.8 Å². The fraction of sp³-hybridized carbons (Fsp3) is 0.227. The monoisotopic (exact) mass is 446 g/mol. The van der Waals surface area contributed by atoms with Crippen molar-refractivity contribution < 1.29 is 9.53 Å². The first-order valence-electron chi connectivity index (χ1n) is 9.38. The molecule has 1 amide bonds. The number of fused-ring (bicyclic) bond motifs is 4. The van der Waals surface area contributed by atoms with Gasteiger partial charge < -0.3 is 14.2 Å². The van der Waals surface area contributed by atoms with E-state index in [1.807, 2.05) is 35.4 Å². The molecule has 7 heteroatoms. The molecule has 1 saturated heterocycles. The van der Waals surface area contributed by atoms with Gasteiger partial charge in [0.25, 0.3) is 5.91 Å². The maximum absolute atomic E-state index is 13.0. The molecule has 4 nitrogen and oxygen atoms in total. The largest absolute Gasteiger partial charge is 0.479 e. The molecule has 0 atom stereocenters. The summed E-state index contributed by atoms with van der Waals surface area (Å²) in [5, 5.41) is 1.52. The SMILES string of the molecule is O=C(c1ccc(Cl)cc1Cl)N1CCC2(CC1)Oc1cc(Cl)ccc1-n1cccc12. The summed E-state index contributed by atoms with van der Waals surface area (Å²) >= 11 is 18.4. The summed E-state index contributed by atoms with van der Waals surface area (Å²) in [6, 6.07) is 14.8. The summed E-state index contributed by atoms with van der Waals surface area (Å²) in [4.78, 5) is 14.8. The molecule has 0 N–H and O–H groups in total. The third-order valence-electron chi connectivity index (χ3n) is 5.72. The first-order chi connectivity index (χ1) is 14.0. The van der Waals surface area contributed by atoms with E-state index in [-0.39, 0.29) is 5.91 Å². The van der Waals surface area contributed by atoms with Crippen molar-refractivity contribution in [3.8, 4) is 11.4 Å². The summed E-state index contributed by atoms with van der Waals surface area (Å²) in [5.41, 5.74) is 2.06. The molecule has 0 saturated carbocycles. The van der Waals surface area contributed by atoms with Crippen molar-refractivity contribution in [1.29, 1.82) is 0 Å². The number of aromatic nitrogens is 1. The highest BCUT2D eigenvalue weighted by Crippen LogP contribution is 2.45. The van der Waals surface area contributed by atoms with E-state index in [0.29, 0.717) is 46.6 Å². The van der Waals surface area contributed by atoms with Crippen LogP contribution in [0.1, 0.15) is 28.9 Å². The van der Waals surface area contributed by atoms with Gasteiger partial charge in [-0.15, -0.1) is 0 Å². The van der Waals surface area contributed by atoms with Gasteiger partial charge in [-0.25, -0.2) is 0 Å². The lowest BCUT2D eigenvalue weighted by Gasteiger charge is -2.45. The normalized spacial score (nSPS) is 16.9. The maximum atomic E-state index is 13.0. The van der Waals surface area contributed by atoms with Crippen molar-refractivity contribution in [3.05, 3.63) is 81.1 Å². The van der Waals surface area contributed by atoms with Gasteiger partial charge in [-0.3, -0.25) is 4.79 Å². The highest BCUT2D eigenvalue weighted by Gasteiger charge is 2.44. The molecule has 2 aromatic carbocycles. The number of rotatable bonds is 1. The average molecular weight is 448 g/mol. The van der Waals surface area contributed by atoms with Crippen LogP contribution < -0.4 is 4.74 Å². The molecule has 2 aliphatic heterocycles. The van der Waals surface area contributed by atoms with Gasteiger partial charge in [0.1, 0.15) is 5.75 Å². The van der Waals surface area contributed by atoms with E-state index < -0.39 is 5.60 Å². The van der Waals surface area contributed by atoms with Crippen LogP contribution in [-0.4, -0.2) is 28.5 Å². The van der Waals surface area contributed by atoms with Gasteiger partial charge in [0.15, 0.2) is 5.60 Å². The average Bonchev–Trinajstić information content (AvgIpc) is 3.19. The third kappa shape index (κ3) is 3.10. The molecule has 3 aromatic rings. The Balaban J connectivity index is 1.42. The zero-order chi connectivity index (χ0) is 20.2. The van der Waals surface area contributed by atoms with Crippen molar-refractivity contribution in [1.82, 2.24) is 9.47 Å². The van der Waals surface area contributed by atoms with Crippen LogP contribution in [-0.2, 0) is 5.60 Å². The van der Waals surface area contributed by atoms with E-state index in [0.717, 1.165) is 17.1 Å². The van der Waals surface area contributed by atoms with Crippen LogP contribution >= 0.6 is 34.8 Å². The highest BCUT2D eigenvalue weighted by molar-refractivity contribution is 6.36. The quantitative estimate of drug-likeness (QED) is 0.461. The second-order valence-corrected chi connectivity index (χ2v) is 8.67. The maximum Gasteiger partial charge on any atom is 0.255 e. The van der Waals surface area contributed by atoms with Crippen LogP contribution in [0.15, 0.2) is 54.7 Å². The number of hydrogen-bond acceptors (Lipinski definition) is 2. The van der Waals surface area contributed by atoms with Gasteiger partial charge in [0.2, 0.25) is 0 Å². The van der Waals surface area contributed by atoms with E-state index in [1.165, 1.54) is 0 Å². The van der Waals surface area contributed by atoms with Gasteiger partial charge in [-0.2, -0.15) is 0 Å². The Morgan fingerprint density at radius 1 is 0.966 bits per heavy atom. The number of hydrogen-bond donors (Lipinski definition) is 0. The molecule has 148 valence electrons. The van der Waals surface area contributed by atoms with Crippen LogP contribution in [0.2, 0.25) is 15.1 Å². The first-order valence-corrected chi connectivity index (χ1v) is 10.5. The molecule has 0 radical (unpaired) electrons. The van der Waals surface area contributed by atoms with Crippen LogP contribution in [0.3, 0.4) is 0 Å². The number of benzene rings is 2. The van der Waals surface area contributed by atoms with Gasteiger partial charge in [0.05, 0.1) is 22.0 Å². The van der Waals surface area contributed by atoms with E-state index in [2.05, 4.69) is 10.6 Å². The predicted octanol–water partition coefficient (Wildman–Crippen LogP) is 5.96. The Hall–Kier alpha value is -2.14. The number of amides is 1. The minimum absolute atomic E-state index is 0.0869. The van der Waals surface area contributed by atoms with E-state index in [9.17, 15) is 4.79 Å². The van der Waals surface area contributed by atoms with Crippen LogP contribution in [0.25, 0.3) is 5.69 Å². The van der Waals surface area contributed by atoms with Gasteiger partial charge in [0, 0.05) is 48.2 Å². The Labute approximate surface area is 183 Å². The summed E-state index contributed by atoms with van der Waals surface area (Å²) < 4.78 is 8.67. The van der Waals surface area contributed by atoms with Crippen molar-refractivity contribution in [2.24, 2.45) is 0 Å². The molecule has 1 fully saturated rings. The summed E-state index contributed by atoms with van der Waals surface area (Å²) in [6.45, 7) is 1.14. The highest BCUT2D eigenvalue weighted by atomic mass is 35.5. The fourth-order valence-electron chi connectivity index (χ4n) is 4.26. The van der Waals surface area contributed by atoms with Crippen LogP contribution in [0.5, 0.6) is 5.75 Å². The second-order valence-electron chi connectivity index (χ2n) is 7.39. The predicted molar refractivity (Wildman–Crippen MR) is 115 cm³/mol. The molecule has 29 heavy (non-hydrogen) atoms. The van der Waals surface area contributed by atoms with E-state index >= 15 is 0 Å². The molecular weight excluding hydrogens is 431 g/mol. The Kier molecular flexibility index (Phi) is 4.54. The van der Waals surface area contributed by atoms with Crippen molar-refractivity contribution in [2.45, 2.75) is 18.4 Å². The smallest absolute Gasteiger partial charge is 0.255 e. The summed E-state index contributed by atoms with van der Waals surface area (Å²) in [6.07, 6.45) is 3.40. The Morgan fingerprint density at radius 3 is 2.45 bits per heavy atom. The van der Waals surface area contributed by atoms with Crippen molar-refractivity contribution in [2.75, 3.05) is 13.1 Å². The van der Waals surface area contributed by atoms with Crippen LogP contribution in [0.4, 0.5) is 0 Å². The van der Waals surface area contributed by atoms with Crippen molar-refractivity contribution in [3.63, 3.8) is 0 Å². The lowest BCUT2D eigenvalue weighted by Crippen LogP contribution is -2.50. The fourth-order valence-corrected chi connectivity index (χ4v) is 4.91. The van der Waals surface area contributed by atoms with E-state index in [1.54, 1.807) is 18.2 Å². The van der Waals surface area contributed by atoms with Gasteiger partial charge >= 0.3 is 0 Å². The topological polar surface area (TPSA) is 34.5 Å². The molecule has 3 heterocycles. The molecule has 5 rings (SSSR count). The molecule has 1 aromatic heterocycles. The molecule has 0 unspecified atom stereocenters. The minimum Gasteiger partial charge on any atom is -0.479 e. The number of carbonyl (C=O) groups is 1. The number of nitrogens with zero attached hydrogens (tertiary/aromatic N) is 2. The molecule has 0 aliphatic carbocycles. The first kappa shape index (κ1) is 18.9. The summed E-state index contributed by atoms with van der Waals surface area (Å²) in [7, 11) is 0. The lowest BCUT2D eigenvalue weighted by atomic mass is 9.86. The van der Waals surface area contributed by atoms with E-state index in [4.69, 9.17) is 39.5 Å². The van der Waals surface area contributed by atoms with Gasteiger partial charge in [-0.05, 0) is 42.5 Å². The second kappa shape index (κ2) is 6.98. The summed E-state index contributed by atoms with van der Waals surface area (Å²) in [5.74, 6) is 0.679. The molecular formula is C22H17Cl3N2O2. The zero-order valence-electron chi connectivity index (χ0n) is 15.4. The number of piperidine rings is 1. The number of ether oxygens (including phenoxy) is 1. The molecule has 2 aliphatic rings. The van der Waals surface area contributed by atoms with Crippen LogP contribution in [0, 0.1) is 0 Å². The number of carbonyl (C=O) groups excluding carboxylic acids is 1. The standard InChI is InChI=1S/C22H17Cl3N2O2/c23-14-3-5-16(17(25)12-14)21(28)26-10-7-22(8-11-26)20-2-1-9-27(20)18-6-4-15(24)13-19(18)29-22/h1-6,9,12-13H,7-8,10-11H2. The van der Waals surface area contributed by atoms with Crippen molar-refractivity contribution >= 4 is 40.7 Å². The lowest BCUT2D eigenvalue weighted by molar-refractivity contribution is -0.00929. The molecule has 1 spiro atoms. The number of likely N-dealkylation sites (tertiary alicyclic amines) is 1. The Bertz CT molecular complexity index is 1120. The third-order valence-corrected chi connectivity index (χ3v) is 6.51.